The van der Waals surface area contributed by atoms with E-state index in [0.717, 1.165) is 11.4 Å². The van der Waals surface area contributed by atoms with Gasteiger partial charge in [-0.2, -0.15) is 0 Å². The fourth-order valence-electron chi connectivity index (χ4n) is 4.26. The third-order valence-corrected chi connectivity index (χ3v) is 5.88. The molecule has 1 aliphatic rings. The molecule has 0 saturated carbocycles. The molecule has 8 nitrogen and oxygen atoms in total. The van der Waals surface area contributed by atoms with Crippen LogP contribution in [0.5, 0.6) is 0 Å². The lowest BCUT2D eigenvalue weighted by atomic mass is 9.80. The van der Waals surface area contributed by atoms with Gasteiger partial charge in [0.1, 0.15) is 6.61 Å². The normalized spacial score (nSPS) is 20.1. The fraction of sp³-hybridized carbons (Fsp3) is 0.440. The summed E-state index contributed by atoms with van der Waals surface area (Å²) in [6.07, 6.45) is 3.44. The number of allylic oxidation sites excluding steroid dienone is 1. The number of aromatic nitrogens is 2. The van der Waals surface area contributed by atoms with E-state index in [4.69, 9.17) is 14.2 Å². The summed E-state index contributed by atoms with van der Waals surface area (Å²) < 4.78 is 20.3. The first kappa shape index (κ1) is 24.5. The van der Waals surface area contributed by atoms with Crippen LogP contribution < -0.4 is 5.56 Å². The van der Waals surface area contributed by atoms with E-state index in [1.165, 1.54) is 6.08 Å². The molecule has 2 aromatic rings. The number of hydrogen-bond acceptors (Lipinski definition) is 6. The van der Waals surface area contributed by atoms with E-state index >= 15 is 0 Å². The van der Waals surface area contributed by atoms with Gasteiger partial charge in [-0.1, -0.05) is 30.9 Å². The molecule has 0 saturated heterocycles. The molecule has 2 heterocycles. The van der Waals surface area contributed by atoms with E-state index < -0.39 is 18.2 Å². The van der Waals surface area contributed by atoms with Crippen molar-refractivity contribution in [3.63, 3.8) is 0 Å². The summed E-state index contributed by atoms with van der Waals surface area (Å²) in [6, 6.07) is 9.39. The van der Waals surface area contributed by atoms with E-state index in [0.29, 0.717) is 25.0 Å². The highest BCUT2D eigenvalue weighted by molar-refractivity contribution is 5.86. The van der Waals surface area contributed by atoms with Gasteiger partial charge in [0.2, 0.25) is 12.0 Å². The van der Waals surface area contributed by atoms with E-state index in [1.807, 2.05) is 55.9 Å². The van der Waals surface area contributed by atoms with Gasteiger partial charge in [-0.15, -0.1) is 0 Å². The molecular weight excluding hydrogens is 424 g/mol. The molecule has 3 atom stereocenters. The molecule has 1 aliphatic heterocycles. The standard InChI is InChI=1S/C25H32N2O6/c1-5-15-32-24(30)21-16-20(19(13-10-14-28)25(33-21)31-6-2)22-17(3)26(4)27(23(22)29)18-11-8-7-9-12-18/h5,7-9,11-12,16,19-20,25,28H,1,6,10,13-15H2,2-4H3/t19-,20-,25+/m0/s1. The van der Waals surface area contributed by atoms with Crippen molar-refractivity contribution in [1.29, 1.82) is 0 Å². The van der Waals surface area contributed by atoms with Crippen molar-refractivity contribution < 1.29 is 24.1 Å². The van der Waals surface area contributed by atoms with Crippen LogP contribution in [0.3, 0.4) is 0 Å². The molecule has 0 bridgehead atoms. The number of aliphatic hydroxyl groups is 1. The number of hydrogen-bond donors (Lipinski definition) is 1. The van der Waals surface area contributed by atoms with Gasteiger partial charge in [0.05, 0.1) is 5.69 Å². The molecule has 178 valence electrons. The Morgan fingerprint density at radius 2 is 2.03 bits per heavy atom. The summed E-state index contributed by atoms with van der Waals surface area (Å²) in [7, 11) is 1.83. The van der Waals surface area contributed by atoms with E-state index in [2.05, 4.69) is 6.58 Å². The predicted octanol–water partition coefficient (Wildman–Crippen LogP) is 2.96. The van der Waals surface area contributed by atoms with Crippen molar-refractivity contribution >= 4 is 5.97 Å². The molecule has 33 heavy (non-hydrogen) atoms. The summed E-state index contributed by atoms with van der Waals surface area (Å²) in [5.74, 6) is -1.36. The van der Waals surface area contributed by atoms with Gasteiger partial charge in [-0.25, -0.2) is 9.48 Å². The fourth-order valence-corrected chi connectivity index (χ4v) is 4.26. The molecule has 0 amide bonds. The summed E-state index contributed by atoms with van der Waals surface area (Å²) in [5.41, 5.74) is 1.91. The maximum absolute atomic E-state index is 13.7. The average Bonchev–Trinajstić information content (AvgIpc) is 3.04. The Hall–Kier alpha value is -3.10. The van der Waals surface area contributed by atoms with Crippen LogP contribution >= 0.6 is 0 Å². The van der Waals surface area contributed by atoms with Gasteiger partial charge in [0.15, 0.2) is 0 Å². The van der Waals surface area contributed by atoms with Crippen molar-refractivity contribution in [3.8, 4) is 5.69 Å². The first-order chi connectivity index (χ1) is 15.9. The van der Waals surface area contributed by atoms with Crippen LogP contribution in [0.1, 0.15) is 36.9 Å². The number of carbonyl (C=O) groups is 1. The predicted molar refractivity (Wildman–Crippen MR) is 124 cm³/mol. The number of ether oxygens (including phenoxy) is 3. The zero-order valence-corrected chi connectivity index (χ0v) is 19.4. The zero-order valence-electron chi connectivity index (χ0n) is 19.4. The van der Waals surface area contributed by atoms with Crippen molar-refractivity contribution in [2.75, 3.05) is 19.8 Å². The second kappa shape index (κ2) is 11.2. The second-order valence-electron chi connectivity index (χ2n) is 7.89. The minimum absolute atomic E-state index is 0.00202. The molecule has 8 heteroatoms. The SMILES string of the molecule is C=CCOC(=O)C1=C[C@H](c2c(C)n(C)n(-c3ccccc3)c2=O)[C@H](CCCO)[C@H](OCC)O1. The van der Waals surface area contributed by atoms with E-state index in [-0.39, 0.29) is 30.5 Å². The number of esters is 1. The highest BCUT2D eigenvalue weighted by Crippen LogP contribution is 2.39. The maximum Gasteiger partial charge on any atom is 0.373 e. The summed E-state index contributed by atoms with van der Waals surface area (Å²) in [4.78, 5) is 26.3. The smallest absolute Gasteiger partial charge is 0.373 e. The van der Waals surface area contributed by atoms with Crippen molar-refractivity contribution in [3.05, 3.63) is 76.4 Å². The lowest BCUT2D eigenvalue weighted by Crippen LogP contribution is -2.38. The first-order valence-corrected chi connectivity index (χ1v) is 11.2. The van der Waals surface area contributed by atoms with Gasteiger partial charge in [-0.3, -0.25) is 9.48 Å². The Morgan fingerprint density at radius 1 is 1.30 bits per heavy atom. The Kier molecular flexibility index (Phi) is 8.30. The molecule has 3 rings (SSSR count). The molecule has 0 spiro atoms. The number of carbonyl (C=O) groups excluding carboxylic acids is 1. The lowest BCUT2D eigenvalue weighted by Gasteiger charge is -2.36. The van der Waals surface area contributed by atoms with Crippen molar-refractivity contribution in [2.45, 2.75) is 38.9 Å². The number of rotatable bonds is 10. The highest BCUT2D eigenvalue weighted by atomic mass is 16.7. The van der Waals surface area contributed by atoms with Crippen molar-refractivity contribution in [1.82, 2.24) is 9.36 Å². The summed E-state index contributed by atoms with van der Waals surface area (Å²) >= 11 is 0. The van der Waals surface area contributed by atoms with E-state index in [9.17, 15) is 14.7 Å². The van der Waals surface area contributed by atoms with Crippen molar-refractivity contribution in [2.24, 2.45) is 13.0 Å². The lowest BCUT2D eigenvalue weighted by molar-refractivity contribution is -0.175. The van der Waals surface area contributed by atoms with Gasteiger partial charge in [0.25, 0.3) is 5.56 Å². The summed E-state index contributed by atoms with van der Waals surface area (Å²) in [6.45, 7) is 7.70. The molecular formula is C25H32N2O6. The number of para-hydroxylation sites is 1. The highest BCUT2D eigenvalue weighted by Gasteiger charge is 2.41. The van der Waals surface area contributed by atoms with Crippen LogP contribution in [-0.2, 0) is 26.1 Å². The topological polar surface area (TPSA) is 91.9 Å². The largest absolute Gasteiger partial charge is 0.457 e. The second-order valence-corrected chi connectivity index (χ2v) is 7.89. The first-order valence-electron chi connectivity index (χ1n) is 11.2. The molecule has 0 fully saturated rings. The van der Waals surface area contributed by atoms with Crippen LogP contribution in [-0.4, -0.2) is 46.6 Å². The number of nitrogens with zero attached hydrogens (tertiary/aromatic N) is 2. The van der Waals surface area contributed by atoms with E-state index in [1.54, 1.807) is 10.8 Å². The molecule has 1 aromatic carbocycles. The number of benzene rings is 1. The Bertz CT molecular complexity index is 1050. The van der Waals surface area contributed by atoms with Crippen LogP contribution in [0.4, 0.5) is 0 Å². The van der Waals surface area contributed by atoms with Crippen LogP contribution in [0, 0.1) is 12.8 Å². The average molecular weight is 457 g/mol. The molecule has 0 aliphatic carbocycles. The molecule has 0 unspecified atom stereocenters. The van der Waals surface area contributed by atoms with Gasteiger partial charge < -0.3 is 19.3 Å². The Labute approximate surface area is 193 Å². The summed E-state index contributed by atoms with van der Waals surface area (Å²) in [5, 5.41) is 9.46. The van der Waals surface area contributed by atoms with Crippen LogP contribution in [0.25, 0.3) is 5.69 Å². The third kappa shape index (κ3) is 5.12. The van der Waals surface area contributed by atoms with Crippen LogP contribution in [0.2, 0.25) is 0 Å². The Balaban J connectivity index is 2.15. The number of aliphatic hydroxyl groups excluding tert-OH is 1. The van der Waals surface area contributed by atoms with Gasteiger partial charge in [-0.05, 0) is 44.9 Å². The van der Waals surface area contributed by atoms with Crippen LogP contribution in [0.15, 0.2) is 59.6 Å². The zero-order chi connectivity index (χ0) is 24.0. The molecule has 1 aromatic heterocycles. The molecule has 0 radical (unpaired) electrons. The Morgan fingerprint density at radius 3 is 2.67 bits per heavy atom. The quantitative estimate of drug-likeness (QED) is 0.437. The van der Waals surface area contributed by atoms with Gasteiger partial charge in [0, 0.05) is 43.4 Å². The van der Waals surface area contributed by atoms with Gasteiger partial charge >= 0.3 is 5.97 Å². The third-order valence-electron chi connectivity index (χ3n) is 5.88. The molecule has 1 N–H and O–H groups in total. The minimum atomic E-state index is -0.757. The minimum Gasteiger partial charge on any atom is -0.457 e. The monoisotopic (exact) mass is 456 g/mol. The maximum atomic E-state index is 13.7.